The van der Waals surface area contributed by atoms with E-state index in [1.54, 1.807) is 13.3 Å². The van der Waals surface area contributed by atoms with Crippen molar-refractivity contribution in [1.82, 2.24) is 19.9 Å². The molecule has 1 atom stereocenters. The standard InChI is InChI=1S/C26H24N4O2/c1-32-25-19(15-16-7-6-11-20(16)29-25)26(31)30-14-12-18-17-8-2-3-9-21(17)28-23(18)24(30)22-10-4-5-13-27-22/h2-5,8-10,13,15,24,28H,6-7,11-12,14H2,1H3/t24-/m0/s1. The highest BCUT2D eigenvalue weighted by molar-refractivity contribution is 5.98. The fraction of sp³-hybridized carbons (Fsp3) is 0.269. The maximum absolute atomic E-state index is 14.0. The van der Waals surface area contributed by atoms with E-state index < -0.39 is 0 Å². The molecule has 6 heteroatoms. The highest BCUT2D eigenvalue weighted by Gasteiger charge is 2.37. The molecule has 1 aliphatic heterocycles. The van der Waals surface area contributed by atoms with Gasteiger partial charge in [-0.1, -0.05) is 24.3 Å². The molecule has 1 amide bonds. The molecule has 6 rings (SSSR count). The zero-order chi connectivity index (χ0) is 21.7. The van der Waals surface area contributed by atoms with Gasteiger partial charge in [-0.15, -0.1) is 0 Å². The van der Waals surface area contributed by atoms with Gasteiger partial charge in [0.25, 0.3) is 5.91 Å². The summed E-state index contributed by atoms with van der Waals surface area (Å²) in [6.45, 7) is 0.606. The smallest absolute Gasteiger partial charge is 0.260 e. The molecular formula is C26H24N4O2. The Morgan fingerprint density at radius 3 is 2.84 bits per heavy atom. The number of nitrogens with one attached hydrogen (secondary N) is 1. The second-order valence-electron chi connectivity index (χ2n) is 8.47. The van der Waals surface area contributed by atoms with Crippen LogP contribution in [-0.4, -0.2) is 39.4 Å². The van der Waals surface area contributed by atoms with Gasteiger partial charge in [0.05, 0.1) is 12.8 Å². The Labute approximate surface area is 186 Å². The van der Waals surface area contributed by atoms with Crippen molar-refractivity contribution in [3.05, 3.63) is 88.5 Å². The molecule has 1 aliphatic carbocycles. The lowest BCUT2D eigenvalue weighted by molar-refractivity contribution is 0.0684. The van der Waals surface area contributed by atoms with Crippen molar-refractivity contribution in [2.75, 3.05) is 13.7 Å². The van der Waals surface area contributed by atoms with Crippen LogP contribution < -0.4 is 4.74 Å². The molecule has 0 saturated heterocycles. The first kappa shape index (κ1) is 19.0. The molecule has 0 unspecified atom stereocenters. The van der Waals surface area contributed by atoms with Crippen molar-refractivity contribution in [2.45, 2.75) is 31.7 Å². The van der Waals surface area contributed by atoms with Crippen molar-refractivity contribution in [1.29, 1.82) is 0 Å². The minimum Gasteiger partial charge on any atom is -0.480 e. The molecule has 6 nitrogen and oxygen atoms in total. The first-order valence-electron chi connectivity index (χ1n) is 11.1. The minimum atomic E-state index is -0.294. The van der Waals surface area contributed by atoms with Crippen LogP contribution in [0.15, 0.2) is 54.7 Å². The average molecular weight is 425 g/mol. The van der Waals surface area contributed by atoms with Gasteiger partial charge in [-0.2, -0.15) is 0 Å². The number of H-pyrrole nitrogens is 1. The summed E-state index contributed by atoms with van der Waals surface area (Å²) in [5.74, 6) is 0.349. The predicted molar refractivity (Wildman–Crippen MR) is 122 cm³/mol. The van der Waals surface area contributed by atoms with Crippen LogP contribution in [0.25, 0.3) is 10.9 Å². The largest absolute Gasteiger partial charge is 0.480 e. The number of ether oxygens (including phenoxy) is 1. The van der Waals surface area contributed by atoms with E-state index in [2.05, 4.69) is 33.2 Å². The van der Waals surface area contributed by atoms with Crippen molar-refractivity contribution in [3.63, 3.8) is 0 Å². The van der Waals surface area contributed by atoms with Gasteiger partial charge in [0.1, 0.15) is 11.6 Å². The maximum atomic E-state index is 14.0. The number of amides is 1. The topological polar surface area (TPSA) is 71.1 Å². The Balaban J connectivity index is 1.49. The van der Waals surface area contributed by atoms with Gasteiger partial charge in [-0.3, -0.25) is 9.78 Å². The second kappa shape index (κ2) is 7.48. The number of carbonyl (C=O) groups is 1. The van der Waals surface area contributed by atoms with Crippen molar-refractivity contribution < 1.29 is 9.53 Å². The highest BCUT2D eigenvalue weighted by atomic mass is 16.5. The number of methoxy groups -OCH3 is 1. The third kappa shape index (κ3) is 2.90. The number of carbonyl (C=O) groups excluding carboxylic acids is 1. The van der Waals surface area contributed by atoms with Gasteiger partial charge >= 0.3 is 0 Å². The minimum absolute atomic E-state index is 0.0657. The zero-order valence-corrected chi connectivity index (χ0v) is 18.0. The second-order valence-corrected chi connectivity index (χ2v) is 8.47. The van der Waals surface area contributed by atoms with Crippen LogP contribution in [0.5, 0.6) is 5.88 Å². The number of benzene rings is 1. The predicted octanol–water partition coefficient (Wildman–Crippen LogP) is 4.24. The van der Waals surface area contributed by atoms with Gasteiger partial charge < -0.3 is 14.6 Å². The van der Waals surface area contributed by atoms with Gasteiger partial charge in [0.2, 0.25) is 5.88 Å². The monoisotopic (exact) mass is 424 g/mol. The van der Waals surface area contributed by atoms with Gasteiger partial charge in [-0.05, 0) is 61.1 Å². The molecular weight excluding hydrogens is 400 g/mol. The number of fused-ring (bicyclic) bond motifs is 4. The highest BCUT2D eigenvalue weighted by Crippen LogP contribution is 2.39. The van der Waals surface area contributed by atoms with E-state index in [9.17, 15) is 4.79 Å². The van der Waals surface area contributed by atoms with E-state index in [1.807, 2.05) is 35.2 Å². The van der Waals surface area contributed by atoms with E-state index in [1.165, 1.54) is 10.9 Å². The number of hydrogen-bond acceptors (Lipinski definition) is 4. The van der Waals surface area contributed by atoms with Crippen LogP contribution in [0.2, 0.25) is 0 Å². The van der Waals surface area contributed by atoms with Crippen molar-refractivity contribution in [2.24, 2.45) is 0 Å². The Kier molecular flexibility index (Phi) is 4.45. The van der Waals surface area contributed by atoms with E-state index >= 15 is 0 Å². The Morgan fingerprint density at radius 2 is 2.00 bits per heavy atom. The molecule has 0 fully saturated rings. The summed E-state index contributed by atoms with van der Waals surface area (Å²) < 4.78 is 5.56. The van der Waals surface area contributed by atoms with Gasteiger partial charge in [0, 0.05) is 35.0 Å². The fourth-order valence-electron chi connectivity index (χ4n) is 5.22. The number of pyridine rings is 2. The molecule has 1 N–H and O–H groups in total. The Hall–Kier alpha value is -3.67. The van der Waals surface area contributed by atoms with Crippen LogP contribution in [0.4, 0.5) is 0 Å². The van der Waals surface area contributed by atoms with Crippen LogP contribution in [0, 0.1) is 0 Å². The van der Waals surface area contributed by atoms with Gasteiger partial charge in [0.15, 0.2) is 0 Å². The van der Waals surface area contributed by atoms with Gasteiger partial charge in [-0.25, -0.2) is 4.98 Å². The number of para-hydroxylation sites is 1. The molecule has 0 spiro atoms. The average Bonchev–Trinajstić information content (AvgIpc) is 3.46. The lowest BCUT2D eigenvalue weighted by atomic mass is 9.94. The summed E-state index contributed by atoms with van der Waals surface area (Å²) in [6, 6.07) is 15.9. The Bertz CT molecular complexity index is 1330. The first-order chi connectivity index (χ1) is 15.7. The summed E-state index contributed by atoms with van der Waals surface area (Å²) >= 11 is 0. The lowest BCUT2D eigenvalue weighted by Gasteiger charge is -2.35. The SMILES string of the molecule is COc1nc2c(cc1C(=O)N1CCc3c([nH]c4ccccc34)[C@@H]1c1ccccn1)CCC2. The van der Waals surface area contributed by atoms with E-state index in [0.29, 0.717) is 18.0 Å². The molecule has 0 radical (unpaired) electrons. The normalized spacial score (nSPS) is 17.3. The van der Waals surface area contributed by atoms with E-state index in [0.717, 1.165) is 53.8 Å². The summed E-state index contributed by atoms with van der Waals surface area (Å²) in [4.78, 5) is 28.8. The molecule has 32 heavy (non-hydrogen) atoms. The molecule has 4 heterocycles. The number of aryl methyl sites for hydroxylation is 2. The first-order valence-corrected chi connectivity index (χ1v) is 11.1. The van der Waals surface area contributed by atoms with Crippen LogP contribution in [0.3, 0.4) is 0 Å². The molecule has 4 aromatic rings. The van der Waals surface area contributed by atoms with E-state index in [4.69, 9.17) is 4.74 Å². The summed E-state index contributed by atoms with van der Waals surface area (Å²) in [7, 11) is 1.59. The zero-order valence-electron chi connectivity index (χ0n) is 18.0. The third-order valence-corrected chi connectivity index (χ3v) is 6.70. The quantitative estimate of drug-likeness (QED) is 0.534. The molecule has 160 valence electrons. The summed E-state index contributed by atoms with van der Waals surface area (Å²) in [6.07, 6.45) is 5.55. The van der Waals surface area contributed by atoms with Crippen molar-refractivity contribution >= 4 is 16.8 Å². The van der Waals surface area contributed by atoms with Crippen LogP contribution >= 0.6 is 0 Å². The Morgan fingerprint density at radius 1 is 1.12 bits per heavy atom. The number of aromatic nitrogens is 3. The number of hydrogen-bond donors (Lipinski definition) is 1. The molecule has 2 aliphatic rings. The summed E-state index contributed by atoms with van der Waals surface area (Å²) in [5, 5.41) is 1.22. The third-order valence-electron chi connectivity index (χ3n) is 6.70. The summed E-state index contributed by atoms with van der Waals surface area (Å²) in [5.41, 5.74) is 6.99. The number of nitrogens with zero attached hydrogens (tertiary/aromatic N) is 3. The molecule has 0 saturated carbocycles. The molecule has 3 aromatic heterocycles. The molecule has 0 bridgehead atoms. The lowest BCUT2D eigenvalue weighted by Crippen LogP contribution is -2.41. The number of aromatic amines is 1. The van der Waals surface area contributed by atoms with Crippen LogP contribution in [0.1, 0.15) is 51.0 Å². The van der Waals surface area contributed by atoms with Crippen LogP contribution in [-0.2, 0) is 19.3 Å². The maximum Gasteiger partial charge on any atom is 0.260 e. The number of rotatable bonds is 3. The van der Waals surface area contributed by atoms with Crippen molar-refractivity contribution in [3.8, 4) is 5.88 Å². The fourth-order valence-corrected chi connectivity index (χ4v) is 5.22. The van der Waals surface area contributed by atoms with E-state index in [-0.39, 0.29) is 11.9 Å². The molecule has 1 aromatic carbocycles.